The first-order valence-electron chi connectivity index (χ1n) is 14.2. The standard InChI is InChI=1S/C33H36BrN5O.ClH/c1-40-20-19-39-17-15-38(16-18-39)14-13-24-9-11-28(12-10-24)36-33-35-23-26-22-31(25-5-4-6-27(34)21-25)29-7-2-3-8-30(29)32(26)37-33;/h2-12,21,23,31H,13-20,22H2,1H3,(H,35,36,37);1H. The summed E-state index contributed by atoms with van der Waals surface area (Å²) in [6.45, 7) is 7.46. The van der Waals surface area contributed by atoms with Crippen molar-refractivity contribution < 1.29 is 4.74 Å². The second-order valence-corrected chi connectivity index (χ2v) is 11.6. The summed E-state index contributed by atoms with van der Waals surface area (Å²) in [6.07, 6.45) is 3.94. The Morgan fingerprint density at radius 2 is 1.68 bits per heavy atom. The minimum Gasteiger partial charge on any atom is -0.383 e. The number of fused-ring (bicyclic) bond motifs is 3. The van der Waals surface area contributed by atoms with Crippen LogP contribution in [-0.2, 0) is 17.6 Å². The van der Waals surface area contributed by atoms with Crippen LogP contribution in [0.1, 0.15) is 28.2 Å². The zero-order valence-corrected chi connectivity index (χ0v) is 25.8. The molecule has 1 aliphatic carbocycles. The first kappa shape index (κ1) is 29.7. The van der Waals surface area contributed by atoms with Gasteiger partial charge in [-0.3, -0.25) is 4.90 Å². The van der Waals surface area contributed by atoms with Gasteiger partial charge in [-0.25, -0.2) is 9.97 Å². The largest absolute Gasteiger partial charge is 0.383 e. The molecule has 2 aliphatic rings. The molecule has 1 N–H and O–H groups in total. The van der Waals surface area contributed by atoms with E-state index < -0.39 is 0 Å². The van der Waals surface area contributed by atoms with Crippen LogP contribution in [0.15, 0.2) is 83.5 Å². The lowest BCUT2D eigenvalue weighted by Crippen LogP contribution is -2.47. The number of hydrogen-bond donors (Lipinski definition) is 1. The van der Waals surface area contributed by atoms with Crippen LogP contribution in [-0.4, -0.2) is 72.8 Å². The number of halogens is 2. The van der Waals surface area contributed by atoms with Crippen LogP contribution in [0.5, 0.6) is 0 Å². The molecule has 0 saturated carbocycles. The maximum Gasteiger partial charge on any atom is 0.227 e. The highest BCUT2D eigenvalue weighted by Gasteiger charge is 2.27. The molecular formula is C33H37BrClN5O. The van der Waals surface area contributed by atoms with E-state index in [1.165, 1.54) is 27.8 Å². The van der Waals surface area contributed by atoms with Gasteiger partial charge >= 0.3 is 0 Å². The lowest BCUT2D eigenvalue weighted by molar-refractivity contribution is 0.0976. The van der Waals surface area contributed by atoms with E-state index in [1.807, 2.05) is 6.20 Å². The Bertz CT molecular complexity index is 1440. The van der Waals surface area contributed by atoms with Crippen LogP contribution in [0.4, 0.5) is 11.6 Å². The van der Waals surface area contributed by atoms with Crippen LogP contribution < -0.4 is 5.32 Å². The molecule has 0 bridgehead atoms. The molecule has 1 fully saturated rings. The van der Waals surface area contributed by atoms with Gasteiger partial charge in [0.15, 0.2) is 0 Å². The first-order valence-corrected chi connectivity index (χ1v) is 15.0. The zero-order valence-electron chi connectivity index (χ0n) is 23.4. The van der Waals surface area contributed by atoms with Gasteiger partial charge in [0.1, 0.15) is 0 Å². The van der Waals surface area contributed by atoms with Gasteiger partial charge in [-0.1, -0.05) is 64.5 Å². The maximum absolute atomic E-state index is 5.22. The number of ether oxygens (including phenoxy) is 1. The van der Waals surface area contributed by atoms with E-state index in [9.17, 15) is 0 Å². The summed E-state index contributed by atoms with van der Waals surface area (Å²) < 4.78 is 6.32. The van der Waals surface area contributed by atoms with E-state index in [-0.39, 0.29) is 18.3 Å². The van der Waals surface area contributed by atoms with Crippen molar-refractivity contribution in [3.63, 3.8) is 0 Å². The minimum atomic E-state index is 0. The SMILES string of the molecule is COCCN1CCN(CCc2ccc(Nc3ncc4c(n3)-c3ccccc3C(c3cccc(Br)c3)C4)cc2)CC1.Cl. The highest BCUT2D eigenvalue weighted by molar-refractivity contribution is 9.10. The average molecular weight is 635 g/mol. The fraction of sp³-hybridized carbons (Fsp3) is 0.333. The molecule has 6 rings (SSSR count). The highest BCUT2D eigenvalue weighted by Crippen LogP contribution is 2.42. The summed E-state index contributed by atoms with van der Waals surface area (Å²) in [7, 11) is 1.77. The predicted molar refractivity (Wildman–Crippen MR) is 173 cm³/mol. The van der Waals surface area contributed by atoms with Crippen LogP contribution >= 0.6 is 28.3 Å². The zero-order chi connectivity index (χ0) is 27.3. The molecule has 4 aromatic rings. The molecule has 0 radical (unpaired) electrons. The Balaban J connectivity index is 0.00000337. The molecule has 1 saturated heterocycles. The van der Waals surface area contributed by atoms with Crippen molar-refractivity contribution in [2.24, 2.45) is 0 Å². The summed E-state index contributed by atoms with van der Waals surface area (Å²) in [5, 5.41) is 3.43. The summed E-state index contributed by atoms with van der Waals surface area (Å²) in [5.74, 6) is 0.921. The third-order valence-electron chi connectivity index (χ3n) is 8.13. The van der Waals surface area contributed by atoms with E-state index >= 15 is 0 Å². The van der Waals surface area contributed by atoms with Crippen molar-refractivity contribution in [2.75, 3.05) is 58.3 Å². The van der Waals surface area contributed by atoms with Gasteiger partial charge in [0, 0.05) is 74.2 Å². The van der Waals surface area contributed by atoms with E-state index in [2.05, 4.69) is 104 Å². The fourth-order valence-corrected chi connectivity index (χ4v) is 6.26. The minimum absolute atomic E-state index is 0. The van der Waals surface area contributed by atoms with Crippen molar-refractivity contribution >= 4 is 40.0 Å². The molecule has 0 amide bonds. The van der Waals surface area contributed by atoms with Crippen molar-refractivity contribution in [2.45, 2.75) is 18.8 Å². The number of methoxy groups -OCH3 is 1. The van der Waals surface area contributed by atoms with Gasteiger partial charge in [-0.15, -0.1) is 12.4 Å². The number of nitrogens with zero attached hydrogens (tertiary/aromatic N) is 4. The van der Waals surface area contributed by atoms with Crippen LogP contribution in [0.2, 0.25) is 0 Å². The number of benzene rings is 3. The number of hydrogen-bond acceptors (Lipinski definition) is 6. The topological polar surface area (TPSA) is 53.5 Å². The smallest absolute Gasteiger partial charge is 0.227 e. The van der Waals surface area contributed by atoms with Crippen molar-refractivity contribution in [3.05, 3.63) is 106 Å². The van der Waals surface area contributed by atoms with E-state index in [0.717, 1.165) is 74.6 Å². The quantitative estimate of drug-likeness (QED) is 0.225. The predicted octanol–water partition coefficient (Wildman–Crippen LogP) is 6.57. The lowest BCUT2D eigenvalue weighted by Gasteiger charge is -2.34. The molecule has 1 atom stereocenters. The van der Waals surface area contributed by atoms with Gasteiger partial charge in [0.25, 0.3) is 0 Å². The number of piperazine rings is 1. The normalized spacial score (nSPS) is 16.9. The van der Waals surface area contributed by atoms with Crippen molar-refractivity contribution in [1.29, 1.82) is 0 Å². The van der Waals surface area contributed by atoms with E-state index in [0.29, 0.717) is 5.95 Å². The number of aromatic nitrogens is 2. The Morgan fingerprint density at radius 3 is 2.44 bits per heavy atom. The lowest BCUT2D eigenvalue weighted by atomic mass is 9.78. The molecule has 8 heteroatoms. The van der Waals surface area contributed by atoms with E-state index in [1.54, 1.807) is 7.11 Å². The summed E-state index contributed by atoms with van der Waals surface area (Å²) in [5.41, 5.74) is 8.38. The number of anilines is 2. The molecule has 1 aromatic heterocycles. The van der Waals surface area contributed by atoms with Gasteiger partial charge in [0.05, 0.1) is 12.3 Å². The average Bonchev–Trinajstić information content (AvgIpc) is 3.00. The summed E-state index contributed by atoms with van der Waals surface area (Å²) in [6, 6.07) is 26.0. The Kier molecular flexibility index (Phi) is 10.1. The Hall–Kier alpha value is -2.81. The number of nitrogens with one attached hydrogen (secondary N) is 1. The van der Waals surface area contributed by atoms with Gasteiger partial charge in [-0.05, 0) is 59.4 Å². The van der Waals surface area contributed by atoms with Crippen LogP contribution in [0.25, 0.3) is 11.3 Å². The summed E-state index contributed by atoms with van der Waals surface area (Å²) >= 11 is 3.64. The molecule has 0 spiro atoms. The monoisotopic (exact) mass is 633 g/mol. The molecule has 41 heavy (non-hydrogen) atoms. The number of rotatable bonds is 9. The van der Waals surface area contributed by atoms with Gasteiger partial charge in [0.2, 0.25) is 5.95 Å². The molecule has 2 heterocycles. The molecule has 1 aliphatic heterocycles. The highest BCUT2D eigenvalue weighted by atomic mass is 79.9. The van der Waals surface area contributed by atoms with Crippen LogP contribution in [0, 0.1) is 0 Å². The van der Waals surface area contributed by atoms with Gasteiger partial charge < -0.3 is 15.0 Å². The first-order chi connectivity index (χ1) is 19.7. The Morgan fingerprint density at radius 1 is 0.927 bits per heavy atom. The third kappa shape index (κ3) is 7.16. The maximum atomic E-state index is 5.22. The van der Waals surface area contributed by atoms with Crippen molar-refractivity contribution in [3.8, 4) is 11.3 Å². The second-order valence-electron chi connectivity index (χ2n) is 10.7. The Labute approximate surface area is 257 Å². The van der Waals surface area contributed by atoms with Gasteiger partial charge in [-0.2, -0.15) is 0 Å². The fourth-order valence-electron chi connectivity index (χ4n) is 5.84. The van der Waals surface area contributed by atoms with Crippen molar-refractivity contribution in [1.82, 2.24) is 19.8 Å². The molecule has 214 valence electrons. The molecular weight excluding hydrogens is 598 g/mol. The van der Waals surface area contributed by atoms with E-state index in [4.69, 9.17) is 14.7 Å². The molecule has 1 unspecified atom stereocenters. The third-order valence-corrected chi connectivity index (χ3v) is 8.63. The molecule has 3 aromatic carbocycles. The molecule has 6 nitrogen and oxygen atoms in total. The van der Waals surface area contributed by atoms with Crippen LogP contribution in [0.3, 0.4) is 0 Å². The summed E-state index contributed by atoms with van der Waals surface area (Å²) in [4.78, 5) is 14.7. The second kappa shape index (κ2) is 13.9.